The van der Waals surface area contributed by atoms with E-state index < -0.39 is 0 Å². The summed E-state index contributed by atoms with van der Waals surface area (Å²) in [4.78, 5) is 11.1. The number of unbranched alkanes of at least 4 members (excludes halogenated alkanes) is 15. The van der Waals surface area contributed by atoms with Crippen molar-refractivity contribution in [1.29, 1.82) is 0 Å². The minimum atomic E-state index is -0.242. The monoisotopic (exact) mass is 367 g/mol. The first-order chi connectivity index (χ1) is 12.8. The van der Waals surface area contributed by atoms with E-state index >= 15 is 0 Å². The molecule has 0 aromatic carbocycles. The second kappa shape index (κ2) is 22.2. The van der Waals surface area contributed by atoms with E-state index in [2.05, 4.69) is 24.4 Å². The summed E-state index contributed by atoms with van der Waals surface area (Å²) in [6.45, 7) is 2.03. The normalized spacial score (nSPS) is 11.3. The van der Waals surface area contributed by atoms with Gasteiger partial charge in [-0.25, -0.2) is 0 Å². The Kier molecular flexibility index (Phi) is 21.5. The number of amides is 1. The summed E-state index contributed by atoms with van der Waals surface area (Å²) in [5.41, 5.74) is 0. The van der Waals surface area contributed by atoms with Crippen LogP contribution in [0.15, 0.2) is 12.2 Å². The van der Waals surface area contributed by atoms with Crippen molar-refractivity contribution >= 4 is 5.91 Å². The molecule has 0 atom stereocenters. The van der Waals surface area contributed by atoms with Gasteiger partial charge in [-0.05, 0) is 32.1 Å². The van der Waals surface area contributed by atoms with Gasteiger partial charge in [0.05, 0.1) is 0 Å². The third-order valence-corrected chi connectivity index (χ3v) is 4.94. The molecule has 154 valence electrons. The zero-order valence-corrected chi connectivity index (χ0v) is 17.4. The lowest BCUT2D eigenvalue weighted by molar-refractivity contribution is -0.122. The summed E-state index contributed by atoms with van der Waals surface area (Å²) in [7, 11) is 0. The van der Waals surface area contributed by atoms with Crippen LogP contribution >= 0.6 is 0 Å². The molecule has 0 fully saturated rings. The fraction of sp³-hybridized carbons (Fsp3) is 0.870. The van der Waals surface area contributed by atoms with E-state index in [1.807, 2.05) is 0 Å². The SMILES string of the molecule is CCCCCCCC/C=C\CCCCCCCCCCCC(=O)NCO. The number of rotatable bonds is 20. The zero-order chi connectivity index (χ0) is 19.1. The first-order valence-electron chi connectivity index (χ1n) is 11.3. The zero-order valence-electron chi connectivity index (χ0n) is 17.4. The fourth-order valence-corrected chi connectivity index (χ4v) is 3.24. The van der Waals surface area contributed by atoms with Crippen LogP contribution in [0.2, 0.25) is 0 Å². The van der Waals surface area contributed by atoms with Gasteiger partial charge < -0.3 is 10.4 Å². The molecule has 0 saturated carbocycles. The van der Waals surface area contributed by atoms with Crippen molar-refractivity contribution in [3.05, 3.63) is 12.2 Å². The number of hydrogen-bond donors (Lipinski definition) is 2. The van der Waals surface area contributed by atoms with Crippen molar-refractivity contribution in [2.24, 2.45) is 0 Å². The van der Waals surface area contributed by atoms with Crippen LogP contribution < -0.4 is 5.32 Å². The van der Waals surface area contributed by atoms with Crippen molar-refractivity contribution in [1.82, 2.24) is 5.32 Å². The smallest absolute Gasteiger partial charge is 0.221 e. The van der Waals surface area contributed by atoms with E-state index in [0.29, 0.717) is 6.42 Å². The van der Waals surface area contributed by atoms with Crippen LogP contribution in [0.1, 0.15) is 122 Å². The van der Waals surface area contributed by atoms with Crippen LogP contribution in [-0.4, -0.2) is 17.7 Å². The molecule has 3 heteroatoms. The summed E-state index contributed by atoms with van der Waals surface area (Å²) < 4.78 is 0. The molecule has 0 aromatic heterocycles. The van der Waals surface area contributed by atoms with Crippen molar-refractivity contribution in [2.75, 3.05) is 6.73 Å². The molecule has 0 aliphatic heterocycles. The van der Waals surface area contributed by atoms with E-state index in [-0.39, 0.29) is 12.6 Å². The molecule has 2 N–H and O–H groups in total. The maximum Gasteiger partial charge on any atom is 0.221 e. The van der Waals surface area contributed by atoms with Gasteiger partial charge in [-0.3, -0.25) is 4.79 Å². The number of aliphatic hydroxyl groups excluding tert-OH is 1. The van der Waals surface area contributed by atoms with E-state index in [1.54, 1.807) is 0 Å². The molecule has 1 amide bonds. The van der Waals surface area contributed by atoms with Crippen molar-refractivity contribution in [2.45, 2.75) is 122 Å². The van der Waals surface area contributed by atoms with Crippen LogP contribution in [-0.2, 0) is 4.79 Å². The topological polar surface area (TPSA) is 49.3 Å². The van der Waals surface area contributed by atoms with Crippen molar-refractivity contribution in [3.8, 4) is 0 Å². The third-order valence-electron chi connectivity index (χ3n) is 4.94. The quantitative estimate of drug-likeness (QED) is 0.144. The van der Waals surface area contributed by atoms with Gasteiger partial charge in [0.2, 0.25) is 5.91 Å². The van der Waals surface area contributed by atoms with Crippen molar-refractivity contribution < 1.29 is 9.90 Å². The van der Waals surface area contributed by atoms with E-state index in [9.17, 15) is 4.79 Å². The lowest BCUT2D eigenvalue weighted by atomic mass is 10.1. The average molecular weight is 368 g/mol. The molecule has 0 heterocycles. The molecule has 0 radical (unpaired) electrons. The summed E-state index contributed by atoms with van der Waals surface area (Å²) in [5, 5.41) is 11.0. The standard InChI is InChI=1S/C23H45NO2/c1-2-3-4-5-6-7-8-9-10-11-12-13-14-15-16-17-18-19-20-21-23(26)24-22-25/h9-10,25H,2-8,11-22H2,1H3,(H,24,26)/b10-9-. The number of nitrogens with one attached hydrogen (secondary N) is 1. The molecule has 0 bridgehead atoms. The number of aliphatic hydroxyl groups is 1. The van der Waals surface area contributed by atoms with Crippen LogP contribution in [0, 0.1) is 0 Å². The van der Waals surface area contributed by atoms with Gasteiger partial charge in [0, 0.05) is 6.42 Å². The minimum absolute atomic E-state index is 0.0338. The van der Waals surface area contributed by atoms with Crippen LogP contribution in [0.25, 0.3) is 0 Å². The minimum Gasteiger partial charge on any atom is -0.377 e. The Morgan fingerprint density at radius 1 is 0.692 bits per heavy atom. The highest BCUT2D eigenvalue weighted by Gasteiger charge is 1.99. The largest absolute Gasteiger partial charge is 0.377 e. The second-order valence-corrected chi connectivity index (χ2v) is 7.51. The summed E-state index contributed by atoms with van der Waals surface area (Å²) in [6.07, 6.45) is 27.5. The predicted molar refractivity (Wildman–Crippen MR) is 113 cm³/mol. The van der Waals surface area contributed by atoms with Gasteiger partial charge in [-0.1, -0.05) is 96.1 Å². The number of hydrogen-bond acceptors (Lipinski definition) is 2. The molecule has 0 aromatic rings. The summed E-state index contributed by atoms with van der Waals surface area (Å²) in [5.74, 6) is -0.0338. The molecular formula is C23H45NO2. The molecular weight excluding hydrogens is 322 g/mol. The third kappa shape index (κ3) is 21.2. The maximum absolute atomic E-state index is 11.1. The number of allylic oxidation sites excluding steroid dienone is 2. The van der Waals surface area contributed by atoms with E-state index in [4.69, 9.17) is 5.11 Å². The predicted octanol–water partition coefficient (Wildman–Crippen LogP) is 6.65. The lowest BCUT2D eigenvalue weighted by Crippen LogP contribution is -2.23. The molecule has 26 heavy (non-hydrogen) atoms. The Bertz CT molecular complexity index is 315. The van der Waals surface area contributed by atoms with E-state index in [1.165, 1.54) is 96.3 Å². The van der Waals surface area contributed by atoms with Gasteiger partial charge in [-0.15, -0.1) is 0 Å². The lowest BCUT2D eigenvalue weighted by Gasteiger charge is -2.03. The Hall–Kier alpha value is -0.830. The molecule has 0 rings (SSSR count). The molecule has 0 aliphatic carbocycles. The van der Waals surface area contributed by atoms with Crippen LogP contribution in [0.3, 0.4) is 0 Å². The van der Waals surface area contributed by atoms with Gasteiger partial charge in [-0.2, -0.15) is 0 Å². The van der Waals surface area contributed by atoms with Crippen LogP contribution in [0.4, 0.5) is 0 Å². The first kappa shape index (κ1) is 25.2. The summed E-state index contributed by atoms with van der Waals surface area (Å²) >= 11 is 0. The first-order valence-corrected chi connectivity index (χ1v) is 11.3. The Morgan fingerprint density at radius 2 is 1.12 bits per heavy atom. The second-order valence-electron chi connectivity index (χ2n) is 7.51. The van der Waals surface area contributed by atoms with Gasteiger partial charge in [0.15, 0.2) is 0 Å². The fourth-order valence-electron chi connectivity index (χ4n) is 3.24. The number of carbonyl (C=O) groups is 1. The molecule has 0 aliphatic rings. The Morgan fingerprint density at radius 3 is 1.58 bits per heavy atom. The summed E-state index contributed by atoms with van der Waals surface area (Å²) in [6, 6.07) is 0. The molecule has 3 nitrogen and oxygen atoms in total. The van der Waals surface area contributed by atoms with Crippen molar-refractivity contribution in [3.63, 3.8) is 0 Å². The Labute approximate surface area is 163 Å². The highest BCUT2D eigenvalue weighted by atomic mass is 16.3. The highest BCUT2D eigenvalue weighted by molar-refractivity contribution is 5.75. The van der Waals surface area contributed by atoms with Gasteiger partial charge >= 0.3 is 0 Å². The molecule has 0 unspecified atom stereocenters. The molecule has 0 saturated heterocycles. The van der Waals surface area contributed by atoms with Crippen LogP contribution in [0.5, 0.6) is 0 Å². The van der Waals surface area contributed by atoms with Gasteiger partial charge in [0.25, 0.3) is 0 Å². The molecule has 0 spiro atoms. The van der Waals surface area contributed by atoms with Gasteiger partial charge in [0.1, 0.15) is 6.73 Å². The maximum atomic E-state index is 11.1. The number of carbonyl (C=O) groups excluding carboxylic acids is 1. The highest BCUT2D eigenvalue weighted by Crippen LogP contribution is 2.12. The van der Waals surface area contributed by atoms with E-state index in [0.717, 1.165) is 12.8 Å². The average Bonchev–Trinajstić information content (AvgIpc) is 2.64. The Balaban J connectivity index is 3.10.